The molecule has 128 valence electrons. The molecule has 5 heteroatoms. The Labute approximate surface area is 146 Å². The number of nitrogens with zero attached hydrogens (tertiary/aromatic N) is 2. The van der Waals surface area contributed by atoms with Gasteiger partial charge in [-0.3, -0.25) is 5.21 Å². The van der Waals surface area contributed by atoms with Crippen LogP contribution in [-0.2, 0) is 0 Å². The first-order valence-corrected chi connectivity index (χ1v) is 8.71. The van der Waals surface area contributed by atoms with Gasteiger partial charge in [0.25, 0.3) is 18.0 Å². The number of hydrogen-bond acceptors (Lipinski definition) is 3. The summed E-state index contributed by atoms with van der Waals surface area (Å²) in [6, 6.07) is 16.7. The second kappa shape index (κ2) is 6.59. The highest BCUT2D eigenvalue weighted by Gasteiger charge is 2.45. The zero-order valence-electron chi connectivity index (χ0n) is 13.9. The minimum atomic E-state index is -0.181. The van der Waals surface area contributed by atoms with Crippen LogP contribution in [0.4, 0.5) is 0 Å². The van der Waals surface area contributed by atoms with Gasteiger partial charge in [-0.2, -0.15) is 4.74 Å². The molecule has 5 nitrogen and oxygen atoms in total. The molecule has 0 bridgehead atoms. The molecular weight excluding hydrogens is 316 g/mol. The lowest BCUT2D eigenvalue weighted by Gasteiger charge is -2.28. The van der Waals surface area contributed by atoms with Crippen LogP contribution in [0.3, 0.4) is 0 Å². The van der Waals surface area contributed by atoms with Crippen LogP contribution in [0.5, 0.6) is 11.5 Å². The van der Waals surface area contributed by atoms with E-state index >= 15 is 0 Å². The number of para-hydroxylation sites is 1. The fraction of sp³-hybridized carbons (Fsp3) is 0.300. The summed E-state index contributed by atoms with van der Waals surface area (Å²) < 4.78 is 8.08. The van der Waals surface area contributed by atoms with E-state index in [0.29, 0.717) is 11.5 Å². The average Bonchev–Trinajstić information content (AvgIpc) is 2.66. The molecule has 1 N–H and O–H groups in total. The Hall–Kier alpha value is -2.82. The molecule has 4 rings (SSSR count). The normalized spacial score (nSPS) is 23.0. The molecule has 2 aromatic carbocycles. The van der Waals surface area contributed by atoms with Gasteiger partial charge in [-0.1, -0.05) is 18.2 Å². The summed E-state index contributed by atoms with van der Waals surface area (Å²) in [4.78, 5) is 0. The molecule has 1 aliphatic heterocycles. The molecule has 0 amide bonds. The van der Waals surface area contributed by atoms with Gasteiger partial charge < -0.3 is 9.94 Å². The molecule has 2 aliphatic rings. The summed E-state index contributed by atoms with van der Waals surface area (Å²) in [7, 11) is 0. The van der Waals surface area contributed by atoms with Crippen LogP contribution in [0.15, 0.2) is 54.6 Å². The quantitative estimate of drug-likeness (QED) is 0.529. The maximum Gasteiger partial charge on any atom is 0.288 e. The smallest absolute Gasteiger partial charge is 0.288 e. The second-order valence-electron chi connectivity index (χ2n) is 6.58. The number of benzene rings is 2. The van der Waals surface area contributed by atoms with Crippen molar-refractivity contribution in [3.8, 4) is 11.5 Å². The first kappa shape index (κ1) is 15.7. The summed E-state index contributed by atoms with van der Waals surface area (Å²) in [6.45, 7) is 0. The topological polar surface area (TPSA) is 58.5 Å². The molecule has 2 aromatic rings. The van der Waals surface area contributed by atoms with Gasteiger partial charge in [0.2, 0.25) is 6.04 Å². The van der Waals surface area contributed by atoms with Crippen molar-refractivity contribution >= 4 is 11.9 Å². The Morgan fingerprint density at radius 3 is 2.24 bits per heavy atom. The molecule has 0 radical (unpaired) electrons. The number of hydrogen-bond donors (Lipinski definition) is 1. The van der Waals surface area contributed by atoms with E-state index < -0.39 is 0 Å². The first-order chi connectivity index (χ1) is 12.2. The summed E-state index contributed by atoms with van der Waals surface area (Å²) >= 11 is 0. The minimum Gasteiger partial charge on any atom is -0.623 e. The zero-order valence-corrected chi connectivity index (χ0v) is 13.9. The van der Waals surface area contributed by atoms with Gasteiger partial charge in [-0.15, -0.1) is 0 Å². The Morgan fingerprint density at radius 1 is 0.880 bits per heavy atom. The zero-order chi connectivity index (χ0) is 17.2. The van der Waals surface area contributed by atoms with E-state index in [-0.39, 0.29) is 12.1 Å². The Balaban J connectivity index is 1.59. The van der Waals surface area contributed by atoms with Crippen molar-refractivity contribution < 1.29 is 19.4 Å². The average molecular weight is 337 g/mol. The standard InChI is InChI=1S/C20H21N2O3/c23-21-14-20(22(24)19-9-5-4-8-18(19)21)15-10-12-17(13-11-15)25-16-6-2-1-3-7-16/h1-3,6-7,10-14,18-19,23H,4-5,8-9H2/q+1/t18-,19+/m1/s1. The molecule has 25 heavy (non-hydrogen) atoms. The summed E-state index contributed by atoms with van der Waals surface area (Å²) in [5, 5.41) is 23.0. The van der Waals surface area contributed by atoms with Crippen LogP contribution < -0.4 is 4.74 Å². The van der Waals surface area contributed by atoms with E-state index in [9.17, 15) is 10.4 Å². The molecule has 0 spiro atoms. The lowest BCUT2D eigenvalue weighted by Crippen LogP contribution is -2.51. The number of rotatable bonds is 3. The third-order valence-corrected chi connectivity index (χ3v) is 4.96. The summed E-state index contributed by atoms with van der Waals surface area (Å²) in [6.07, 6.45) is 5.31. The van der Waals surface area contributed by atoms with E-state index in [1.54, 1.807) is 6.21 Å². The summed E-state index contributed by atoms with van der Waals surface area (Å²) in [5.41, 5.74) is 1.27. The van der Waals surface area contributed by atoms with Crippen molar-refractivity contribution in [1.29, 1.82) is 0 Å². The SMILES string of the molecule is [O-][N+]1=C(c2ccc(Oc3ccccc3)cc2)C=[N+](O)[C@@H]2CCCC[C@@H]21. The fourth-order valence-corrected chi connectivity index (χ4v) is 3.65. The summed E-state index contributed by atoms with van der Waals surface area (Å²) in [5.74, 6) is 1.48. The van der Waals surface area contributed by atoms with Crippen molar-refractivity contribution in [1.82, 2.24) is 0 Å². The third-order valence-electron chi connectivity index (χ3n) is 4.96. The second-order valence-corrected chi connectivity index (χ2v) is 6.58. The van der Waals surface area contributed by atoms with Gasteiger partial charge in [-0.25, -0.2) is 0 Å². The predicted octanol–water partition coefficient (Wildman–Crippen LogP) is 3.58. The molecule has 1 saturated carbocycles. The molecule has 1 fully saturated rings. The van der Waals surface area contributed by atoms with Gasteiger partial charge in [0.15, 0.2) is 0 Å². The van der Waals surface area contributed by atoms with Crippen LogP contribution in [0.2, 0.25) is 0 Å². The van der Waals surface area contributed by atoms with Gasteiger partial charge >= 0.3 is 0 Å². The van der Waals surface area contributed by atoms with Crippen LogP contribution >= 0.6 is 0 Å². The Morgan fingerprint density at radius 2 is 1.52 bits per heavy atom. The largest absolute Gasteiger partial charge is 0.623 e. The molecule has 1 aliphatic carbocycles. The van der Waals surface area contributed by atoms with Crippen molar-refractivity contribution in [3.05, 3.63) is 65.4 Å². The van der Waals surface area contributed by atoms with Crippen LogP contribution in [0.25, 0.3) is 0 Å². The third kappa shape index (κ3) is 3.09. The molecule has 0 saturated heterocycles. The molecule has 1 heterocycles. The van der Waals surface area contributed by atoms with Crippen LogP contribution in [-0.4, -0.2) is 38.7 Å². The molecule has 2 atom stereocenters. The number of fused-ring (bicyclic) bond motifs is 1. The Bertz CT molecular complexity index is 813. The molecule has 0 unspecified atom stereocenters. The van der Waals surface area contributed by atoms with Gasteiger partial charge in [0.1, 0.15) is 11.5 Å². The van der Waals surface area contributed by atoms with E-state index in [1.165, 1.54) is 4.74 Å². The van der Waals surface area contributed by atoms with Gasteiger partial charge in [0.05, 0.1) is 5.56 Å². The van der Waals surface area contributed by atoms with Crippen LogP contribution in [0.1, 0.15) is 31.2 Å². The van der Waals surface area contributed by atoms with Crippen molar-refractivity contribution in [3.63, 3.8) is 0 Å². The molecule has 0 aromatic heterocycles. The Kier molecular flexibility index (Phi) is 4.14. The maximum absolute atomic E-state index is 12.8. The minimum absolute atomic E-state index is 0.101. The van der Waals surface area contributed by atoms with E-state index in [4.69, 9.17) is 4.74 Å². The van der Waals surface area contributed by atoms with Gasteiger partial charge in [0, 0.05) is 12.8 Å². The number of hydroxylamine groups is 2. The van der Waals surface area contributed by atoms with Crippen molar-refractivity contribution in [2.24, 2.45) is 0 Å². The van der Waals surface area contributed by atoms with E-state index in [1.807, 2.05) is 54.6 Å². The lowest BCUT2D eigenvalue weighted by atomic mass is 9.89. The highest BCUT2D eigenvalue weighted by atomic mass is 16.5. The predicted molar refractivity (Wildman–Crippen MR) is 94.8 cm³/mol. The lowest BCUT2D eigenvalue weighted by molar-refractivity contribution is -0.819. The van der Waals surface area contributed by atoms with Crippen LogP contribution in [0, 0.1) is 5.21 Å². The highest BCUT2D eigenvalue weighted by molar-refractivity contribution is 6.34. The number of ether oxygens (including phenoxy) is 1. The van der Waals surface area contributed by atoms with Crippen molar-refractivity contribution in [2.45, 2.75) is 37.8 Å². The fourth-order valence-electron chi connectivity index (χ4n) is 3.65. The maximum atomic E-state index is 12.8. The molecular formula is C20H21N2O3+. The van der Waals surface area contributed by atoms with E-state index in [2.05, 4.69) is 0 Å². The van der Waals surface area contributed by atoms with Gasteiger partial charge in [-0.05, 0) is 54.0 Å². The van der Waals surface area contributed by atoms with Crippen molar-refractivity contribution in [2.75, 3.05) is 0 Å². The van der Waals surface area contributed by atoms with E-state index in [0.717, 1.165) is 41.7 Å². The first-order valence-electron chi connectivity index (χ1n) is 8.71. The highest BCUT2D eigenvalue weighted by Crippen LogP contribution is 2.26. The monoisotopic (exact) mass is 337 g/mol.